The summed E-state index contributed by atoms with van der Waals surface area (Å²) in [6.07, 6.45) is 3.36. The summed E-state index contributed by atoms with van der Waals surface area (Å²) in [6, 6.07) is 9.70. The van der Waals surface area contributed by atoms with Crippen LogP contribution in [-0.2, 0) is 16.0 Å². The van der Waals surface area contributed by atoms with Crippen LogP contribution in [0.25, 0.3) is 0 Å². The van der Waals surface area contributed by atoms with Gasteiger partial charge in [0.05, 0.1) is 6.61 Å². The Hall–Kier alpha value is -1.35. The monoisotopic (exact) mass is 235 g/mol. The molecule has 94 valence electrons. The Morgan fingerprint density at radius 3 is 2.71 bits per heavy atom. The van der Waals surface area contributed by atoms with Gasteiger partial charge < -0.3 is 10.5 Å². The van der Waals surface area contributed by atoms with Crippen LogP contribution in [0.3, 0.4) is 0 Å². The highest BCUT2D eigenvalue weighted by Crippen LogP contribution is 2.03. The lowest BCUT2D eigenvalue weighted by atomic mass is 10.1. The van der Waals surface area contributed by atoms with Gasteiger partial charge >= 0.3 is 5.97 Å². The summed E-state index contributed by atoms with van der Waals surface area (Å²) >= 11 is 0. The largest absolute Gasteiger partial charge is 0.465 e. The Morgan fingerprint density at radius 2 is 2.06 bits per heavy atom. The minimum Gasteiger partial charge on any atom is -0.465 e. The van der Waals surface area contributed by atoms with E-state index in [1.54, 1.807) is 0 Å². The van der Waals surface area contributed by atoms with Crippen LogP contribution in [0.5, 0.6) is 0 Å². The van der Waals surface area contributed by atoms with Crippen molar-refractivity contribution in [3.8, 4) is 0 Å². The lowest BCUT2D eigenvalue weighted by molar-refractivity contribution is -0.145. The van der Waals surface area contributed by atoms with Gasteiger partial charge in [-0.05, 0) is 24.8 Å². The topological polar surface area (TPSA) is 52.3 Å². The Balaban J connectivity index is 2.14. The molecule has 0 unspecified atom stereocenters. The number of carbonyl (C=O) groups excluding carboxylic acids is 1. The molecule has 1 aromatic rings. The molecule has 0 aliphatic rings. The van der Waals surface area contributed by atoms with Gasteiger partial charge in [-0.15, -0.1) is 0 Å². The lowest BCUT2D eigenvalue weighted by Crippen LogP contribution is -2.32. The smallest absolute Gasteiger partial charge is 0.322 e. The number of carbonyl (C=O) groups is 1. The first-order valence-electron chi connectivity index (χ1n) is 6.20. The number of esters is 1. The van der Waals surface area contributed by atoms with E-state index in [0.717, 1.165) is 19.3 Å². The van der Waals surface area contributed by atoms with Crippen molar-refractivity contribution >= 4 is 5.97 Å². The number of hydrogen-bond acceptors (Lipinski definition) is 3. The molecule has 0 aliphatic heterocycles. The summed E-state index contributed by atoms with van der Waals surface area (Å²) in [7, 11) is 0. The van der Waals surface area contributed by atoms with Crippen LogP contribution in [0, 0.1) is 0 Å². The molecule has 2 N–H and O–H groups in total. The molecule has 1 aromatic carbocycles. The van der Waals surface area contributed by atoms with Crippen LogP contribution >= 0.6 is 0 Å². The second-order valence-corrected chi connectivity index (χ2v) is 4.15. The van der Waals surface area contributed by atoms with Gasteiger partial charge in [-0.3, -0.25) is 4.79 Å². The highest BCUT2D eigenvalue weighted by molar-refractivity contribution is 5.75. The third-order valence-electron chi connectivity index (χ3n) is 2.60. The maximum Gasteiger partial charge on any atom is 0.322 e. The molecule has 0 fully saturated rings. The Bertz CT molecular complexity index is 324. The number of hydrogen-bond donors (Lipinski definition) is 1. The van der Waals surface area contributed by atoms with E-state index in [2.05, 4.69) is 12.1 Å². The molecule has 1 rings (SSSR count). The maximum atomic E-state index is 11.4. The first kappa shape index (κ1) is 13.7. The Labute approximate surface area is 103 Å². The van der Waals surface area contributed by atoms with Gasteiger partial charge in [-0.25, -0.2) is 0 Å². The fraction of sp³-hybridized carbons (Fsp3) is 0.500. The van der Waals surface area contributed by atoms with Crippen LogP contribution in [0.2, 0.25) is 0 Å². The number of nitrogens with two attached hydrogens (primary N) is 1. The highest BCUT2D eigenvalue weighted by atomic mass is 16.5. The zero-order chi connectivity index (χ0) is 12.5. The number of rotatable bonds is 7. The van der Waals surface area contributed by atoms with Gasteiger partial charge in [0.25, 0.3) is 0 Å². The molecule has 0 aliphatic carbocycles. The summed E-state index contributed by atoms with van der Waals surface area (Å²) < 4.78 is 5.11. The lowest BCUT2D eigenvalue weighted by Gasteiger charge is -2.10. The van der Waals surface area contributed by atoms with Crippen LogP contribution in [0.4, 0.5) is 0 Å². The van der Waals surface area contributed by atoms with Gasteiger partial charge in [-0.1, -0.05) is 43.7 Å². The summed E-state index contributed by atoms with van der Waals surface area (Å²) in [4.78, 5) is 11.4. The van der Waals surface area contributed by atoms with Crippen LogP contribution < -0.4 is 5.73 Å². The summed E-state index contributed by atoms with van der Waals surface area (Å²) in [6.45, 7) is 2.45. The van der Waals surface area contributed by atoms with Crippen molar-refractivity contribution in [1.82, 2.24) is 0 Å². The molecule has 0 heterocycles. The molecule has 3 heteroatoms. The second-order valence-electron chi connectivity index (χ2n) is 4.15. The minimum absolute atomic E-state index is 0.278. The third kappa shape index (κ3) is 5.50. The SMILES string of the molecule is CCC[C@@H](N)C(=O)OCCCc1ccccc1. The average Bonchev–Trinajstić information content (AvgIpc) is 2.36. The Morgan fingerprint density at radius 1 is 1.35 bits per heavy atom. The van der Waals surface area contributed by atoms with Crippen LogP contribution in [0.1, 0.15) is 31.7 Å². The number of benzene rings is 1. The zero-order valence-electron chi connectivity index (χ0n) is 10.4. The molecular weight excluding hydrogens is 214 g/mol. The van der Waals surface area contributed by atoms with Crippen molar-refractivity contribution in [2.75, 3.05) is 6.61 Å². The number of aryl methyl sites for hydroxylation is 1. The molecule has 0 amide bonds. The molecule has 0 spiro atoms. The number of ether oxygens (including phenoxy) is 1. The normalized spacial score (nSPS) is 12.1. The van der Waals surface area contributed by atoms with Crippen molar-refractivity contribution in [2.24, 2.45) is 5.73 Å². The molecule has 17 heavy (non-hydrogen) atoms. The van der Waals surface area contributed by atoms with Gasteiger partial charge in [0, 0.05) is 0 Å². The van der Waals surface area contributed by atoms with E-state index in [1.807, 2.05) is 25.1 Å². The zero-order valence-corrected chi connectivity index (χ0v) is 10.4. The summed E-state index contributed by atoms with van der Waals surface area (Å²) in [5.74, 6) is -0.278. The molecule has 1 atom stereocenters. The van der Waals surface area contributed by atoms with Crippen molar-refractivity contribution < 1.29 is 9.53 Å². The molecule has 0 saturated carbocycles. The molecular formula is C14H21NO2. The average molecular weight is 235 g/mol. The van der Waals surface area contributed by atoms with Crippen molar-refractivity contribution in [3.05, 3.63) is 35.9 Å². The molecule has 0 radical (unpaired) electrons. The Kier molecular flexibility index (Phi) is 6.33. The van der Waals surface area contributed by atoms with Crippen LogP contribution in [0.15, 0.2) is 30.3 Å². The van der Waals surface area contributed by atoms with E-state index in [4.69, 9.17) is 10.5 Å². The van der Waals surface area contributed by atoms with Crippen LogP contribution in [-0.4, -0.2) is 18.6 Å². The maximum absolute atomic E-state index is 11.4. The van der Waals surface area contributed by atoms with E-state index in [0.29, 0.717) is 13.0 Å². The predicted octanol–water partition coefficient (Wildman–Crippen LogP) is 2.29. The fourth-order valence-corrected chi connectivity index (χ4v) is 1.63. The van der Waals surface area contributed by atoms with Gasteiger partial charge in [0.1, 0.15) is 6.04 Å². The predicted molar refractivity (Wildman–Crippen MR) is 68.6 cm³/mol. The summed E-state index contributed by atoms with van der Waals surface area (Å²) in [5.41, 5.74) is 6.91. The molecule has 0 aromatic heterocycles. The van der Waals surface area contributed by atoms with Crippen molar-refractivity contribution in [1.29, 1.82) is 0 Å². The third-order valence-corrected chi connectivity index (χ3v) is 2.60. The van der Waals surface area contributed by atoms with Crippen molar-refractivity contribution in [3.63, 3.8) is 0 Å². The molecule has 0 saturated heterocycles. The van der Waals surface area contributed by atoms with E-state index < -0.39 is 6.04 Å². The first-order valence-corrected chi connectivity index (χ1v) is 6.20. The van der Waals surface area contributed by atoms with E-state index in [1.165, 1.54) is 5.56 Å². The fourth-order valence-electron chi connectivity index (χ4n) is 1.63. The van der Waals surface area contributed by atoms with E-state index >= 15 is 0 Å². The van der Waals surface area contributed by atoms with E-state index in [9.17, 15) is 4.79 Å². The first-order chi connectivity index (χ1) is 8.24. The van der Waals surface area contributed by atoms with Gasteiger partial charge in [0.15, 0.2) is 0 Å². The second kappa shape index (κ2) is 7.85. The van der Waals surface area contributed by atoms with E-state index in [-0.39, 0.29) is 5.97 Å². The standard InChI is InChI=1S/C14H21NO2/c1-2-7-13(15)14(16)17-11-6-10-12-8-4-3-5-9-12/h3-5,8-9,13H,2,6-7,10-11,15H2,1H3/t13-/m1/s1. The highest BCUT2D eigenvalue weighted by Gasteiger charge is 2.12. The quantitative estimate of drug-likeness (QED) is 0.582. The van der Waals surface area contributed by atoms with Crippen molar-refractivity contribution in [2.45, 2.75) is 38.6 Å². The molecule has 3 nitrogen and oxygen atoms in total. The van der Waals surface area contributed by atoms with Gasteiger partial charge in [-0.2, -0.15) is 0 Å². The van der Waals surface area contributed by atoms with Gasteiger partial charge in [0.2, 0.25) is 0 Å². The minimum atomic E-state index is -0.461. The molecule has 0 bridgehead atoms. The summed E-state index contributed by atoms with van der Waals surface area (Å²) in [5, 5.41) is 0.